The van der Waals surface area contributed by atoms with Crippen molar-refractivity contribution >= 4 is 5.69 Å². The molecule has 0 bridgehead atoms. The van der Waals surface area contributed by atoms with Crippen LogP contribution in [-0.4, -0.2) is 13.2 Å². The lowest BCUT2D eigenvalue weighted by Gasteiger charge is -2.13. The third-order valence-electron chi connectivity index (χ3n) is 4.24. The zero-order chi connectivity index (χ0) is 18.2. The van der Waals surface area contributed by atoms with Gasteiger partial charge in [0.1, 0.15) is 24.7 Å². The van der Waals surface area contributed by atoms with Crippen molar-refractivity contribution in [2.24, 2.45) is 0 Å². The number of ether oxygens (including phenoxy) is 2. The van der Waals surface area contributed by atoms with Gasteiger partial charge < -0.3 is 14.8 Å². The molecule has 0 unspecified atom stereocenters. The number of para-hydroxylation sites is 2. The molecule has 0 saturated carbocycles. The van der Waals surface area contributed by atoms with Crippen LogP contribution in [0.1, 0.15) is 16.7 Å². The quantitative estimate of drug-likeness (QED) is 0.555. The van der Waals surface area contributed by atoms with Gasteiger partial charge in [-0.15, -0.1) is 0 Å². The maximum absolute atomic E-state index is 5.74. The van der Waals surface area contributed by atoms with Gasteiger partial charge in [0.2, 0.25) is 0 Å². The van der Waals surface area contributed by atoms with Gasteiger partial charge >= 0.3 is 0 Å². The minimum Gasteiger partial charge on any atom is -0.490 e. The average Bonchev–Trinajstić information content (AvgIpc) is 2.67. The van der Waals surface area contributed by atoms with Gasteiger partial charge in [0.25, 0.3) is 0 Å². The van der Waals surface area contributed by atoms with E-state index in [-0.39, 0.29) is 0 Å². The minimum absolute atomic E-state index is 0.523. The van der Waals surface area contributed by atoms with Crippen LogP contribution in [0.2, 0.25) is 0 Å². The van der Waals surface area contributed by atoms with E-state index in [1.165, 1.54) is 22.4 Å². The molecule has 0 fully saturated rings. The molecule has 3 rings (SSSR count). The fourth-order valence-corrected chi connectivity index (χ4v) is 2.82. The van der Waals surface area contributed by atoms with Gasteiger partial charge in [0.05, 0.1) is 0 Å². The van der Waals surface area contributed by atoms with Crippen LogP contribution in [0.15, 0.2) is 72.8 Å². The summed E-state index contributed by atoms with van der Waals surface area (Å²) in [4.78, 5) is 0. The summed E-state index contributed by atoms with van der Waals surface area (Å²) < 4.78 is 11.4. The highest BCUT2D eigenvalue weighted by Gasteiger charge is 2.02. The molecule has 0 aromatic heterocycles. The average molecular weight is 347 g/mol. The molecule has 0 aliphatic heterocycles. The van der Waals surface area contributed by atoms with E-state index in [4.69, 9.17) is 9.47 Å². The number of anilines is 1. The largest absolute Gasteiger partial charge is 0.490 e. The first-order valence-corrected chi connectivity index (χ1v) is 8.92. The molecule has 1 N–H and O–H groups in total. The SMILES string of the molecule is Cc1cccc(C)c1NCc1ccc(OCCOc2ccccc2)cc1. The van der Waals surface area contributed by atoms with Crippen molar-refractivity contribution in [2.75, 3.05) is 18.5 Å². The number of nitrogens with one attached hydrogen (secondary N) is 1. The smallest absolute Gasteiger partial charge is 0.122 e. The molecule has 3 heteroatoms. The van der Waals surface area contributed by atoms with Crippen LogP contribution < -0.4 is 14.8 Å². The van der Waals surface area contributed by atoms with E-state index in [0.717, 1.165) is 18.0 Å². The molecule has 0 saturated heterocycles. The maximum atomic E-state index is 5.74. The summed E-state index contributed by atoms with van der Waals surface area (Å²) in [7, 11) is 0. The number of aryl methyl sites for hydroxylation is 2. The van der Waals surface area contributed by atoms with E-state index in [1.54, 1.807) is 0 Å². The molecule has 134 valence electrons. The first-order valence-electron chi connectivity index (χ1n) is 8.92. The highest BCUT2D eigenvalue weighted by molar-refractivity contribution is 5.56. The van der Waals surface area contributed by atoms with Crippen LogP contribution in [0.5, 0.6) is 11.5 Å². The molecule has 0 radical (unpaired) electrons. The van der Waals surface area contributed by atoms with Gasteiger partial charge in [0, 0.05) is 12.2 Å². The van der Waals surface area contributed by atoms with Gasteiger partial charge in [0.15, 0.2) is 0 Å². The molecule has 0 aliphatic rings. The second kappa shape index (κ2) is 8.95. The summed E-state index contributed by atoms with van der Waals surface area (Å²) in [6.45, 7) is 6.10. The molecular weight excluding hydrogens is 322 g/mol. The topological polar surface area (TPSA) is 30.5 Å². The Morgan fingerprint density at radius 1 is 0.654 bits per heavy atom. The van der Waals surface area contributed by atoms with Crippen molar-refractivity contribution in [2.45, 2.75) is 20.4 Å². The van der Waals surface area contributed by atoms with E-state index in [0.29, 0.717) is 13.2 Å². The van der Waals surface area contributed by atoms with E-state index < -0.39 is 0 Å². The van der Waals surface area contributed by atoms with Crippen LogP contribution in [-0.2, 0) is 6.54 Å². The normalized spacial score (nSPS) is 10.4. The lowest BCUT2D eigenvalue weighted by molar-refractivity contribution is 0.217. The molecule has 0 heterocycles. The molecule has 26 heavy (non-hydrogen) atoms. The van der Waals surface area contributed by atoms with Gasteiger partial charge in [-0.3, -0.25) is 0 Å². The Labute approximate surface area is 155 Å². The Hall–Kier alpha value is -2.94. The molecular formula is C23H25NO2. The van der Waals surface area contributed by atoms with E-state index in [2.05, 4.69) is 49.5 Å². The molecule has 0 spiro atoms. The second-order valence-corrected chi connectivity index (χ2v) is 6.27. The Balaban J connectivity index is 1.44. The van der Waals surface area contributed by atoms with Crippen molar-refractivity contribution < 1.29 is 9.47 Å². The second-order valence-electron chi connectivity index (χ2n) is 6.27. The van der Waals surface area contributed by atoms with Crippen LogP contribution in [0.4, 0.5) is 5.69 Å². The molecule has 3 aromatic carbocycles. The lowest BCUT2D eigenvalue weighted by Crippen LogP contribution is -2.09. The third kappa shape index (κ3) is 5.03. The van der Waals surface area contributed by atoms with Gasteiger partial charge in [-0.25, -0.2) is 0 Å². The van der Waals surface area contributed by atoms with Crippen molar-refractivity contribution in [3.05, 3.63) is 89.5 Å². The maximum Gasteiger partial charge on any atom is 0.122 e. The zero-order valence-electron chi connectivity index (χ0n) is 15.4. The summed E-state index contributed by atoms with van der Waals surface area (Å²) >= 11 is 0. The third-order valence-corrected chi connectivity index (χ3v) is 4.24. The molecule has 0 aliphatic carbocycles. The highest BCUT2D eigenvalue weighted by atomic mass is 16.5. The van der Waals surface area contributed by atoms with Gasteiger partial charge in [-0.2, -0.15) is 0 Å². The number of hydrogen-bond acceptors (Lipinski definition) is 3. The predicted molar refractivity (Wildman–Crippen MR) is 107 cm³/mol. The van der Waals surface area contributed by atoms with E-state index >= 15 is 0 Å². The van der Waals surface area contributed by atoms with Crippen molar-refractivity contribution in [1.82, 2.24) is 0 Å². The minimum atomic E-state index is 0.523. The van der Waals surface area contributed by atoms with E-state index in [9.17, 15) is 0 Å². The Kier molecular flexibility index (Phi) is 6.15. The number of benzene rings is 3. The van der Waals surface area contributed by atoms with Crippen LogP contribution in [0, 0.1) is 13.8 Å². The summed E-state index contributed by atoms with van der Waals surface area (Å²) in [6.07, 6.45) is 0. The first-order chi connectivity index (χ1) is 12.7. The molecule has 3 aromatic rings. The highest BCUT2D eigenvalue weighted by Crippen LogP contribution is 2.21. The summed E-state index contributed by atoms with van der Waals surface area (Å²) in [5.74, 6) is 1.72. The van der Waals surface area contributed by atoms with Crippen molar-refractivity contribution in [3.63, 3.8) is 0 Å². The zero-order valence-corrected chi connectivity index (χ0v) is 15.4. The fourth-order valence-electron chi connectivity index (χ4n) is 2.82. The monoisotopic (exact) mass is 347 g/mol. The summed E-state index contributed by atoms with van der Waals surface area (Å²) in [5.41, 5.74) is 4.97. The first kappa shape index (κ1) is 17.9. The fraction of sp³-hybridized carbons (Fsp3) is 0.217. The molecule has 3 nitrogen and oxygen atoms in total. The number of hydrogen-bond donors (Lipinski definition) is 1. The Morgan fingerprint density at radius 2 is 1.23 bits per heavy atom. The van der Waals surface area contributed by atoms with E-state index in [1.807, 2.05) is 42.5 Å². The standard InChI is InChI=1S/C23H25NO2/c1-18-7-6-8-19(2)23(18)24-17-20-11-13-22(14-12-20)26-16-15-25-21-9-4-3-5-10-21/h3-14,24H,15-17H2,1-2H3. The van der Waals surface area contributed by atoms with Gasteiger partial charge in [-0.05, 0) is 54.8 Å². The predicted octanol–water partition coefficient (Wildman–Crippen LogP) is 5.37. The summed E-state index contributed by atoms with van der Waals surface area (Å²) in [6, 6.07) is 24.3. The molecule has 0 atom stereocenters. The summed E-state index contributed by atoms with van der Waals surface area (Å²) in [5, 5.41) is 3.53. The van der Waals surface area contributed by atoms with Crippen molar-refractivity contribution in [3.8, 4) is 11.5 Å². The lowest BCUT2D eigenvalue weighted by atomic mass is 10.1. The van der Waals surface area contributed by atoms with Crippen LogP contribution >= 0.6 is 0 Å². The van der Waals surface area contributed by atoms with Crippen LogP contribution in [0.25, 0.3) is 0 Å². The number of rotatable bonds is 8. The van der Waals surface area contributed by atoms with Crippen molar-refractivity contribution in [1.29, 1.82) is 0 Å². The van der Waals surface area contributed by atoms with Crippen LogP contribution in [0.3, 0.4) is 0 Å². The Morgan fingerprint density at radius 3 is 1.85 bits per heavy atom. The van der Waals surface area contributed by atoms with Gasteiger partial charge in [-0.1, -0.05) is 48.5 Å². The molecule has 0 amide bonds. The Bertz CT molecular complexity index is 793.